The van der Waals surface area contributed by atoms with Crippen LogP contribution in [0.25, 0.3) is 0 Å². The molecule has 1 aromatic carbocycles. The summed E-state index contributed by atoms with van der Waals surface area (Å²) in [4.78, 5) is 25.5. The molecule has 0 saturated heterocycles. The lowest BCUT2D eigenvalue weighted by atomic mass is 10.2. The maximum Gasteiger partial charge on any atom is 0.417 e. The van der Waals surface area contributed by atoms with E-state index in [0.29, 0.717) is 11.5 Å². The summed E-state index contributed by atoms with van der Waals surface area (Å²) in [6, 6.07) is 3.01. The smallest absolute Gasteiger partial charge is 0.361 e. The van der Waals surface area contributed by atoms with E-state index in [1.165, 1.54) is 13.1 Å². The summed E-state index contributed by atoms with van der Waals surface area (Å²) >= 11 is 5.53. The first-order valence-corrected chi connectivity index (χ1v) is 7.73. The zero-order valence-electron chi connectivity index (χ0n) is 14.1. The van der Waals surface area contributed by atoms with Crippen molar-refractivity contribution in [3.05, 3.63) is 45.8 Å². The first kappa shape index (κ1) is 19.8. The molecule has 0 spiro atoms. The van der Waals surface area contributed by atoms with E-state index in [-0.39, 0.29) is 17.8 Å². The number of benzene rings is 1. The number of hydrogen-bond acceptors (Lipinski definition) is 4. The predicted octanol–water partition coefficient (Wildman–Crippen LogP) is 3.67. The third-order valence-electron chi connectivity index (χ3n) is 3.53. The summed E-state index contributed by atoms with van der Waals surface area (Å²) in [6.07, 6.45) is -4.64. The minimum Gasteiger partial charge on any atom is -0.361 e. The number of carbonyl (C=O) groups is 2. The van der Waals surface area contributed by atoms with Gasteiger partial charge in [0.1, 0.15) is 11.3 Å². The van der Waals surface area contributed by atoms with Crippen molar-refractivity contribution in [3.8, 4) is 0 Å². The van der Waals surface area contributed by atoms with E-state index >= 15 is 0 Å². The zero-order valence-corrected chi connectivity index (χ0v) is 14.8. The fraction of sp³-hybridized carbons (Fsp3) is 0.312. The van der Waals surface area contributed by atoms with E-state index in [1.54, 1.807) is 13.8 Å². The topological polar surface area (TPSA) is 75.4 Å². The first-order chi connectivity index (χ1) is 12.0. The zero-order chi connectivity index (χ0) is 19.6. The monoisotopic (exact) mass is 389 g/mol. The van der Waals surface area contributed by atoms with Crippen molar-refractivity contribution < 1.29 is 27.3 Å². The molecule has 0 atom stereocenters. The van der Waals surface area contributed by atoms with Crippen molar-refractivity contribution >= 4 is 29.1 Å². The van der Waals surface area contributed by atoms with Crippen LogP contribution in [0.1, 0.15) is 27.4 Å². The summed E-state index contributed by atoms with van der Waals surface area (Å²) < 4.78 is 43.5. The van der Waals surface area contributed by atoms with Crippen LogP contribution in [0.3, 0.4) is 0 Å². The SMILES string of the molecule is Cc1noc(C)c1C(=O)N(C)CC(=O)Nc1ccc(Cl)c(C(F)(F)F)c1. The molecule has 0 fully saturated rings. The highest BCUT2D eigenvalue weighted by atomic mass is 35.5. The van der Waals surface area contributed by atoms with E-state index in [9.17, 15) is 22.8 Å². The minimum atomic E-state index is -4.64. The Balaban J connectivity index is 2.08. The van der Waals surface area contributed by atoms with Gasteiger partial charge < -0.3 is 14.7 Å². The van der Waals surface area contributed by atoms with Crippen LogP contribution in [-0.2, 0) is 11.0 Å². The number of carbonyl (C=O) groups excluding carboxylic acids is 2. The Kier molecular flexibility index (Phi) is 5.60. The third-order valence-corrected chi connectivity index (χ3v) is 3.86. The van der Waals surface area contributed by atoms with Gasteiger partial charge in [0.25, 0.3) is 5.91 Å². The van der Waals surface area contributed by atoms with E-state index < -0.39 is 28.6 Å². The highest BCUT2D eigenvalue weighted by molar-refractivity contribution is 6.31. The molecule has 0 saturated carbocycles. The summed E-state index contributed by atoms with van der Waals surface area (Å²) in [5.41, 5.74) is -0.513. The molecule has 1 heterocycles. The number of aryl methyl sites for hydroxylation is 2. The fourth-order valence-corrected chi connectivity index (χ4v) is 2.51. The predicted molar refractivity (Wildman–Crippen MR) is 88.0 cm³/mol. The molecule has 2 amide bonds. The Morgan fingerprint density at radius 1 is 1.31 bits per heavy atom. The molecular formula is C16H15ClF3N3O3. The molecule has 0 unspecified atom stereocenters. The van der Waals surface area contributed by atoms with E-state index in [4.69, 9.17) is 16.1 Å². The van der Waals surface area contributed by atoms with Crippen LogP contribution in [0.4, 0.5) is 18.9 Å². The second kappa shape index (κ2) is 7.36. The average molecular weight is 390 g/mol. The fourth-order valence-electron chi connectivity index (χ4n) is 2.29. The van der Waals surface area contributed by atoms with Crippen LogP contribution in [0.2, 0.25) is 5.02 Å². The van der Waals surface area contributed by atoms with Gasteiger partial charge in [-0.3, -0.25) is 9.59 Å². The van der Waals surface area contributed by atoms with Gasteiger partial charge in [0, 0.05) is 12.7 Å². The molecule has 140 valence electrons. The number of alkyl halides is 3. The van der Waals surface area contributed by atoms with Crippen molar-refractivity contribution in [1.29, 1.82) is 0 Å². The first-order valence-electron chi connectivity index (χ1n) is 7.35. The molecule has 0 aliphatic carbocycles. The number of aromatic nitrogens is 1. The van der Waals surface area contributed by atoms with Gasteiger partial charge in [0.05, 0.1) is 22.8 Å². The lowest BCUT2D eigenvalue weighted by Gasteiger charge is -2.17. The number of amides is 2. The molecule has 6 nitrogen and oxygen atoms in total. The molecule has 10 heteroatoms. The standard InChI is InChI=1S/C16H15ClF3N3O3/c1-8-14(9(2)26-22-8)15(25)23(3)7-13(24)21-10-4-5-12(17)11(6-10)16(18,19)20/h4-6H,7H2,1-3H3,(H,21,24). The van der Waals surface area contributed by atoms with Crippen molar-refractivity contribution in [1.82, 2.24) is 10.1 Å². The molecule has 0 aliphatic heterocycles. The molecule has 1 N–H and O–H groups in total. The number of nitrogens with one attached hydrogen (secondary N) is 1. The molecule has 26 heavy (non-hydrogen) atoms. The van der Waals surface area contributed by atoms with Crippen molar-refractivity contribution in [2.45, 2.75) is 20.0 Å². The van der Waals surface area contributed by atoms with Crippen LogP contribution >= 0.6 is 11.6 Å². The number of hydrogen-bond donors (Lipinski definition) is 1. The summed E-state index contributed by atoms with van der Waals surface area (Å²) in [7, 11) is 1.39. The number of nitrogens with zero attached hydrogens (tertiary/aromatic N) is 2. The quantitative estimate of drug-likeness (QED) is 0.865. The summed E-state index contributed by atoms with van der Waals surface area (Å²) in [6.45, 7) is 2.78. The summed E-state index contributed by atoms with van der Waals surface area (Å²) in [5.74, 6) is -0.834. The van der Waals surface area contributed by atoms with E-state index in [1.807, 2.05) is 0 Å². The van der Waals surface area contributed by atoms with Crippen molar-refractivity contribution in [2.24, 2.45) is 0 Å². The molecule has 0 aliphatic rings. The van der Waals surface area contributed by atoms with Gasteiger partial charge in [-0.2, -0.15) is 13.2 Å². The Labute approximate surface area is 151 Å². The number of likely N-dealkylation sites (N-methyl/N-ethyl adjacent to an activating group) is 1. The minimum absolute atomic E-state index is 0.0788. The molecule has 0 radical (unpaired) electrons. The van der Waals surface area contributed by atoms with Crippen molar-refractivity contribution in [2.75, 3.05) is 18.9 Å². The van der Waals surface area contributed by atoms with Crippen LogP contribution in [-0.4, -0.2) is 35.5 Å². The van der Waals surface area contributed by atoms with E-state index in [2.05, 4.69) is 10.5 Å². The second-order valence-electron chi connectivity index (χ2n) is 5.60. The van der Waals surface area contributed by atoms with Crippen LogP contribution < -0.4 is 5.32 Å². The molecular weight excluding hydrogens is 375 g/mol. The van der Waals surface area contributed by atoms with Crippen molar-refractivity contribution in [3.63, 3.8) is 0 Å². The third kappa shape index (κ3) is 4.34. The Hall–Kier alpha value is -2.55. The maximum atomic E-state index is 12.9. The highest BCUT2D eigenvalue weighted by Gasteiger charge is 2.33. The van der Waals surface area contributed by atoms with Crippen LogP contribution in [0, 0.1) is 13.8 Å². The molecule has 0 bridgehead atoms. The van der Waals surface area contributed by atoms with Gasteiger partial charge in [-0.15, -0.1) is 0 Å². The normalized spacial score (nSPS) is 11.3. The van der Waals surface area contributed by atoms with Gasteiger partial charge in [-0.1, -0.05) is 16.8 Å². The van der Waals surface area contributed by atoms with Gasteiger partial charge in [-0.05, 0) is 32.0 Å². The second-order valence-corrected chi connectivity index (χ2v) is 6.01. The Bertz CT molecular complexity index is 829. The summed E-state index contributed by atoms with van der Waals surface area (Å²) in [5, 5.41) is 5.51. The lowest BCUT2D eigenvalue weighted by Crippen LogP contribution is -2.35. The van der Waals surface area contributed by atoms with Gasteiger partial charge in [-0.25, -0.2) is 0 Å². The Morgan fingerprint density at radius 2 is 1.96 bits per heavy atom. The van der Waals surface area contributed by atoms with Gasteiger partial charge in [0.2, 0.25) is 5.91 Å². The average Bonchev–Trinajstić information content (AvgIpc) is 2.86. The molecule has 2 aromatic rings. The number of rotatable bonds is 4. The van der Waals surface area contributed by atoms with E-state index in [0.717, 1.165) is 17.0 Å². The maximum absolute atomic E-state index is 12.9. The molecule has 1 aromatic heterocycles. The number of halogens is 4. The largest absolute Gasteiger partial charge is 0.417 e. The Morgan fingerprint density at radius 3 is 2.50 bits per heavy atom. The lowest BCUT2D eigenvalue weighted by molar-refractivity contribution is -0.137. The van der Waals surface area contributed by atoms with Crippen LogP contribution in [0.15, 0.2) is 22.7 Å². The molecule has 2 rings (SSSR count). The highest BCUT2D eigenvalue weighted by Crippen LogP contribution is 2.36. The van der Waals surface area contributed by atoms with Crippen LogP contribution in [0.5, 0.6) is 0 Å². The van der Waals surface area contributed by atoms with Gasteiger partial charge in [0.15, 0.2) is 0 Å². The van der Waals surface area contributed by atoms with Gasteiger partial charge >= 0.3 is 6.18 Å². The number of anilines is 1.